The van der Waals surface area contributed by atoms with Gasteiger partial charge in [0.2, 0.25) is 5.91 Å². The van der Waals surface area contributed by atoms with Crippen molar-refractivity contribution in [3.8, 4) is 5.75 Å². The summed E-state index contributed by atoms with van der Waals surface area (Å²) in [5, 5.41) is 4.21. The van der Waals surface area contributed by atoms with Gasteiger partial charge >= 0.3 is 0 Å². The van der Waals surface area contributed by atoms with E-state index in [1.807, 2.05) is 12.1 Å². The molecule has 3 N–H and O–H groups in total. The SMILES string of the molecule is CC(C)CC(C)c1cc(C2=NNC(=O)CC2)ccc1OCCCN. The van der Waals surface area contributed by atoms with E-state index in [1.165, 1.54) is 5.56 Å². The largest absolute Gasteiger partial charge is 0.493 e. The predicted molar refractivity (Wildman–Crippen MR) is 97.4 cm³/mol. The number of nitrogens with zero attached hydrogens (tertiary/aromatic N) is 1. The van der Waals surface area contributed by atoms with Crippen molar-refractivity contribution in [2.45, 2.75) is 52.4 Å². The van der Waals surface area contributed by atoms with Crippen LogP contribution in [0.5, 0.6) is 5.75 Å². The van der Waals surface area contributed by atoms with Crippen LogP contribution in [0.1, 0.15) is 63.5 Å². The summed E-state index contributed by atoms with van der Waals surface area (Å²) in [6.07, 6.45) is 3.11. The summed E-state index contributed by atoms with van der Waals surface area (Å²) in [5.41, 5.74) is 11.3. The van der Waals surface area contributed by atoms with Gasteiger partial charge in [-0.15, -0.1) is 0 Å². The molecule has 24 heavy (non-hydrogen) atoms. The molecule has 0 spiro atoms. The first-order valence-corrected chi connectivity index (χ1v) is 8.83. The summed E-state index contributed by atoms with van der Waals surface area (Å²) in [5.74, 6) is 1.93. The number of carbonyl (C=O) groups excluding carboxylic acids is 1. The highest BCUT2D eigenvalue weighted by atomic mass is 16.5. The van der Waals surface area contributed by atoms with Crippen LogP contribution >= 0.6 is 0 Å². The lowest BCUT2D eigenvalue weighted by molar-refractivity contribution is -0.121. The van der Waals surface area contributed by atoms with Gasteiger partial charge in [-0.3, -0.25) is 4.79 Å². The van der Waals surface area contributed by atoms with Crippen molar-refractivity contribution >= 4 is 11.6 Å². The minimum absolute atomic E-state index is 0.0195. The minimum atomic E-state index is -0.0195. The average molecular weight is 331 g/mol. The van der Waals surface area contributed by atoms with Crippen molar-refractivity contribution in [2.75, 3.05) is 13.2 Å². The lowest BCUT2D eigenvalue weighted by Gasteiger charge is -2.21. The van der Waals surface area contributed by atoms with Crippen LogP contribution in [0.4, 0.5) is 0 Å². The highest BCUT2D eigenvalue weighted by Gasteiger charge is 2.18. The molecule has 0 fully saturated rings. The molecule has 5 nitrogen and oxygen atoms in total. The summed E-state index contributed by atoms with van der Waals surface area (Å²) < 4.78 is 5.95. The van der Waals surface area contributed by atoms with Crippen LogP contribution in [-0.2, 0) is 4.79 Å². The topological polar surface area (TPSA) is 76.7 Å². The lowest BCUT2D eigenvalue weighted by atomic mass is 9.89. The number of nitrogens with one attached hydrogen (secondary N) is 1. The summed E-state index contributed by atoms with van der Waals surface area (Å²) in [7, 11) is 0. The third-order valence-electron chi connectivity index (χ3n) is 4.21. The zero-order valence-corrected chi connectivity index (χ0v) is 15.0. The van der Waals surface area contributed by atoms with Gasteiger partial charge in [-0.1, -0.05) is 20.8 Å². The van der Waals surface area contributed by atoms with Crippen LogP contribution in [0, 0.1) is 5.92 Å². The van der Waals surface area contributed by atoms with E-state index in [1.54, 1.807) is 0 Å². The van der Waals surface area contributed by atoms with Gasteiger partial charge < -0.3 is 10.5 Å². The number of hydrogen-bond donors (Lipinski definition) is 2. The molecule has 0 aromatic heterocycles. The smallest absolute Gasteiger partial charge is 0.240 e. The van der Waals surface area contributed by atoms with Crippen LogP contribution in [0.2, 0.25) is 0 Å². The Balaban J connectivity index is 2.26. The van der Waals surface area contributed by atoms with E-state index in [0.29, 0.717) is 37.8 Å². The van der Waals surface area contributed by atoms with Crippen molar-refractivity contribution in [3.63, 3.8) is 0 Å². The zero-order chi connectivity index (χ0) is 17.5. The van der Waals surface area contributed by atoms with Crippen LogP contribution < -0.4 is 15.9 Å². The van der Waals surface area contributed by atoms with Crippen molar-refractivity contribution < 1.29 is 9.53 Å². The highest BCUT2D eigenvalue weighted by molar-refractivity contribution is 6.04. The van der Waals surface area contributed by atoms with Crippen LogP contribution in [0.15, 0.2) is 23.3 Å². The van der Waals surface area contributed by atoms with Gasteiger partial charge in [0, 0.05) is 12.8 Å². The molecule has 0 bridgehead atoms. The maximum absolute atomic E-state index is 11.3. The van der Waals surface area contributed by atoms with Gasteiger partial charge in [0.1, 0.15) is 5.75 Å². The molecule has 1 aromatic rings. The Labute approximate surface area is 144 Å². The third kappa shape index (κ3) is 5.06. The molecule has 1 heterocycles. The zero-order valence-electron chi connectivity index (χ0n) is 15.0. The summed E-state index contributed by atoms with van der Waals surface area (Å²) in [4.78, 5) is 11.3. The number of hydrogen-bond acceptors (Lipinski definition) is 4. The van der Waals surface area contributed by atoms with Gasteiger partial charge in [-0.05, 0) is 60.5 Å². The number of benzene rings is 1. The molecule has 132 valence electrons. The fourth-order valence-electron chi connectivity index (χ4n) is 3.03. The average Bonchev–Trinajstić information content (AvgIpc) is 2.55. The van der Waals surface area contributed by atoms with Crippen LogP contribution in [0.25, 0.3) is 0 Å². The van der Waals surface area contributed by atoms with Crippen molar-refractivity contribution in [1.82, 2.24) is 5.43 Å². The van der Waals surface area contributed by atoms with E-state index in [-0.39, 0.29) is 5.91 Å². The quantitative estimate of drug-likeness (QED) is 0.718. The van der Waals surface area contributed by atoms with Crippen molar-refractivity contribution in [3.05, 3.63) is 29.3 Å². The van der Waals surface area contributed by atoms with Crippen molar-refractivity contribution in [2.24, 2.45) is 16.8 Å². The molecule has 2 rings (SSSR count). The second-order valence-corrected chi connectivity index (χ2v) is 6.87. The normalized spacial score (nSPS) is 15.9. The Morgan fingerprint density at radius 3 is 2.71 bits per heavy atom. The van der Waals surface area contributed by atoms with Crippen molar-refractivity contribution in [1.29, 1.82) is 0 Å². The minimum Gasteiger partial charge on any atom is -0.493 e. The number of carbonyl (C=O) groups is 1. The molecular formula is C19H29N3O2. The molecule has 0 saturated carbocycles. The van der Waals surface area contributed by atoms with Gasteiger partial charge in [0.15, 0.2) is 0 Å². The van der Waals surface area contributed by atoms with Gasteiger partial charge in [0.25, 0.3) is 0 Å². The molecule has 0 aliphatic carbocycles. The maximum atomic E-state index is 11.3. The fourth-order valence-corrected chi connectivity index (χ4v) is 3.03. The molecule has 5 heteroatoms. The van der Waals surface area contributed by atoms with Gasteiger partial charge in [-0.25, -0.2) is 5.43 Å². The number of amides is 1. The Morgan fingerprint density at radius 1 is 1.29 bits per heavy atom. The van der Waals surface area contributed by atoms with Crippen LogP contribution in [0.3, 0.4) is 0 Å². The van der Waals surface area contributed by atoms with E-state index in [0.717, 1.165) is 29.9 Å². The fraction of sp³-hybridized carbons (Fsp3) is 0.579. The second-order valence-electron chi connectivity index (χ2n) is 6.87. The van der Waals surface area contributed by atoms with E-state index >= 15 is 0 Å². The summed E-state index contributed by atoms with van der Waals surface area (Å²) in [6.45, 7) is 7.96. The molecular weight excluding hydrogens is 302 g/mol. The Morgan fingerprint density at radius 2 is 2.08 bits per heavy atom. The van der Waals surface area contributed by atoms with E-state index in [9.17, 15) is 4.79 Å². The number of nitrogens with two attached hydrogens (primary N) is 1. The Kier molecular flexibility index (Phi) is 6.79. The molecule has 0 saturated heterocycles. The monoisotopic (exact) mass is 331 g/mol. The van der Waals surface area contributed by atoms with Gasteiger partial charge in [0.05, 0.1) is 12.3 Å². The lowest BCUT2D eigenvalue weighted by Crippen LogP contribution is -2.26. The Hall–Kier alpha value is -1.88. The predicted octanol–water partition coefficient (Wildman–Crippen LogP) is 3.18. The van der Waals surface area contributed by atoms with Crippen LogP contribution in [-0.4, -0.2) is 24.8 Å². The van der Waals surface area contributed by atoms with E-state index < -0.39 is 0 Å². The molecule has 0 radical (unpaired) electrons. The molecule has 1 aliphatic heterocycles. The maximum Gasteiger partial charge on any atom is 0.240 e. The Bertz CT molecular complexity index is 596. The first kappa shape index (κ1) is 18.5. The molecule has 1 amide bonds. The third-order valence-corrected chi connectivity index (χ3v) is 4.21. The van der Waals surface area contributed by atoms with E-state index in [4.69, 9.17) is 10.5 Å². The number of hydrazone groups is 1. The molecule has 1 aliphatic rings. The highest BCUT2D eigenvalue weighted by Crippen LogP contribution is 2.32. The van der Waals surface area contributed by atoms with Gasteiger partial charge in [-0.2, -0.15) is 5.10 Å². The number of rotatable bonds is 8. The first-order valence-electron chi connectivity index (χ1n) is 8.83. The standard InChI is InChI=1S/C19H29N3O2/c1-13(2)11-14(3)16-12-15(17-6-8-19(23)22-21-17)5-7-18(16)24-10-4-9-20/h5,7,12-14H,4,6,8-11,20H2,1-3H3,(H,22,23). The molecule has 1 aromatic carbocycles. The first-order chi connectivity index (χ1) is 11.5. The molecule has 1 atom stereocenters. The second kappa shape index (κ2) is 8.83. The summed E-state index contributed by atoms with van der Waals surface area (Å²) in [6, 6.07) is 6.22. The molecule has 1 unspecified atom stereocenters. The van der Waals surface area contributed by atoms with E-state index in [2.05, 4.69) is 37.4 Å². The summed E-state index contributed by atoms with van der Waals surface area (Å²) >= 11 is 0. The number of ether oxygens (including phenoxy) is 1.